The highest BCUT2D eigenvalue weighted by Gasteiger charge is 2.55. The quantitative estimate of drug-likeness (QED) is 0.756. The molecule has 1 aliphatic carbocycles. The Morgan fingerprint density at radius 3 is 2.00 bits per heavy atom. The second kappa shape index (κ2) is 5.33. The molecule has 0 saturated carbocycles. The van der Waals surface area contributed by atoms with Crippen LogP contribution in [0.25, 0.3) is 0 Å². The third-order valence-electron chi connectivity index (χ3n) is 3.54. The number of allylic oxidation sites excluding steroid dienone is 2. The second-order valence-corrected chi connectivity index (χ2v) is 4.83. The van der Waals surface area contributed by atoms with E-state index in [1.807, 2.05) is 27.7 Å². The number of hydrogen-bond acceptors (Lipinski definition) is 4. The molecule has 103 valence electrons. The van der Waals surface area contributed by atoms with Crippen LogP contribution < -0.4 is 0 Å². The molecule has 4 nitrogen and oxygen atoms in total. The zero-order valence-corrected chi connectivity index (χ0v) is 12.3. The molecule has 0 bridgehead atoms. The Kier molecular flexibility index (Phi) is 4.46. The lowest BCUT2D eigenvalue weighted by molar-refractivity contribution is -0.170. The van der Waals surface area contributed by atoms with Gasteiger partial charge in [-0.2, -0.15) is 0 Å². The summed E-state index contributed by atoms with van der Waals surface area (Å²) in [6.45, 7) is 7.75. The predicted molar refractivity (Wildman–Crippen MR) is 68.9 cm³/mol. The molecule has 1 radical (unpaired) electrons. The van der Waals surface area contributed by atoms with E-state index in [2.05, 4.69) is 6.08 Å². The maximum absolute atomic E-state index is 5.79. The van der Waals surface area contributed by atoms with Gasteiger partial charge in [0, 0.05) is 20.3 Å². The lowest BCUT2D eigenvalue weighted by atomic mass is 9.78. The summed E-state index contributed by atoms with van der Waals surface area (Å²) in [6, 6.07) is 0. The molecule has 0 amide bonds. The van der Waals surface area contributed by atoms with E-state index in [0.717, 1.165) is 0 Å². The van der Waals surface area contributed by atoms with Crippen LogP contribution in [0.1, 0.15) is 27.7 Å². The van der Waals surface area contributed by atoms with E-state index in [4.69, 9.17) is 18.9 Å². The lowest BCUT2D eigenvalue weighted by Crippen LogP contribution is -2.57. The Balaban J connectivity index is 3.28. The Morgan fingerprint density at radius 1 is 1.06 bits per heavy atom. The van der Waals surface area contributed by atoms with E-state index in [1.165, 1.54) is 0 Å². The minimum atomic E-state index is -0.786. The minimum Gasteiger partial charge on any atom is -0.498 e. The standard InChI is InChI=1S/C14H23O4/c1-10(2)18-12-9-8-11(15-5)13(3,16-6)14(12,4)17-7/h8,10H,1-7H3. The highest BCUT2D eigenvalue weighted by atomic mass is 16.6. The van der Waals surface area contributed by atoms with Crippen molar-refractivity contribution in [1.29, 1.82) is 0 Å². The second-order valence-electron chi connectivity index (χ2n) is 4.83. The van der Waals surface area contributed by atoms with Gasteiger partial charge < -0.3 is 18.9 Å². The van der Waals surface area contributed by atoms with Crippen LogP contribution in [0.5, 0.6) is 0 Å². The molecule has 0 fully saturated rings. The van der Waals surface area contributed by atoms with Gasteiger partial charge in [-0.1, -0.05) is 0 Å². The normalized spacial score (nSPS) is 32.0. The topological polar surface area (TPSA) is 36.9 Å². The third kappa shape index (κ3) is 2.15. The molecule has 1 aliphatic rings. The van der Waals surface area contributed by atoms with Crippen LogP contribution in [0.4, 0.5) is 0 Å². The molecular weight excluding hydrogens is 232 g/mol. The van der Waals surface area contributed by atoms with Gasteiger partial charge in [0.05, 0.1) is 13.2 Å². The van der Waals surface area contributed by atoms with E-state index in [0.29, 0.717) is 11.5 Å². The highest BCUT2D eigenvalue weighted by Crippen LogP contribution is 2.43. The zero-order valence-electron chi connectivity index (χ0n) is 12.3. The van der Waals surface area contributed by atoms with Crippen molar-refractivity contribution in [1.82, 2.24) is 0 Å². The maximum Gasteiger partial charge on any atom is 0.158 e. The van der Waals surface area contributed by atoms with Gasteiger partial charge in [-0.15, -0.1) is 0 Å². The average molecular weight is 255 g/mol. The van der Waals surface area contributed by atoms with Crippen molar-refractivity contribution in [2.75, 3.05) is 21.3 Å². The van der Waals surface area contributed by atoms with Gasteiger partial charge in [0.2, 0.25) is 0 Å². The smallest absolute Gasteiger partial charge is 0.158 e. The first-order valence-electron chi connectivity index (χ1n) is 6.01. The summed E-state index contributed by atoms with van der Waals surface area (Å²) in [5.74, 6) is 1.27. The van der Waals surface area contributed by atoms with Crippen LogP contribution >= 0.6 is 0 Å². The fraction of sp³-hybridized carbons (Fsp3) is 0.714. The van der Waals surface area contributed by atoms with Crippen LogP contribution in [-0.4, -0.2) is 38.6 Å². The highest BCUT2D eigenvalue weighted by molar-refractivity contribution is 5.33. The van der Waals surface area contributed by atoms with Crippen molar-refractivity contribution in [2.24, 2.45) is 0 Å². The molecule has 2 atom stereocenters. The van der Waals surface area contributed by atoms with Gasteiger partial charge in [-0.05, 0) is 33.8 Å². The fourth-order valence-corrected chi connectivity index (χ4v) is 2.08. The Labute approximate surface area is 110 Å². The first kappa shape index (κ1) is 15.1. The van der Waals surface area contributed by atoms with Gasteiger partial charge in [-0.25, -0.2) is 0 Å². The molecular formula is C14H23O4. The molecule has 18 heavy (non-hydrogen) atoms. The molecule has 2 unspecified atom stereocenters. The number of ether oxygens (including phenoxy) is 4. The van der Waals surface area contributed by atoms with E-state index in [-0.39, 0.29) is 6.10 Å². The SMILES string of the molecule is COC1=C[C]=C(OC(C)C)C(C)(OC)C1(C)OC. The molecule has 0 N–H and O–H groups in total. The number of rotatable bonds is 5. The molecule has 0 aromatic carbocycles. The van der Waals surface area contributed by atoms with Gasteiger partial charge in [-0.3, -0.25) is 0 Å². The Bertz CT molecular complexity index is 359. The summed E-state index contributed by atoms with van der Waals surface area (Å²) >= 11 is 0. The summed E-state index contributed by atoms with van der Waals surface area (Å²) < 4.78 is 22.5. The van der Waals surface area contributed by atoms with Crippen LogP contribution in [-0.2, 0) is 18.9 Å². The van der Waals surface area contributed by atoms with Gasteiger partial charge in [0.25, 0.3) is 0 Å². The molecule has 0 aliphatic heterocycles. The molecule has 0 heterocycles. The molecule has 0 saturated heterocycles. The predicted octanol–water partition coefficient (Wildman–Crippen LogP) is 2.45. The third-order valence-corrected chi connectivity index (χ3v) is 3.54. The van der Waals surface area contributed by atoms with Crippen molar-refractivity contribution in [3.05, 3.63) is 23.7 Å². The Morgan fingerprint density at radius 2 is 1.61 bits per heavy atom. The van der Waals surface area contributed by atoms with Crippen molar-refractivity contribution in [3.8, 4) is 0 Å². The minimum absolute atomic E-state index is 0.0422. The van der Waals surface area contributed by atoms with Crippen LogP contribution in [0, 0.1) is 6.08 Å². The fourth-order valence-electron chi connectivity index (χ4n) is 2.08. The first-order valence-corrected chi connectivity index (χ1v) is 6.01. The maximum atomic E-state index is 5.79. The summed E-state index contributed by atoms with van der Waals surface area (Å²) in [6.07, 6.45) is 4.87. The molecule has 0 spiro atoms. The summed E-state index contributed by atoms with van der Waals surface area (Å²) in [5, 5.41) is 0. The molecule has 4 heteroatoms. The van der Waals surface area contributed by atoms with E-state index >= 15 is 0 Å². The monoisotopic (exact) mass is 255 g/mol. The molecule has 0 aromatic heterocycles. The first-order chi connectivity index (χ1) is 8.35. The largest absolute Gasteiger partial charge is 0.498 e. The van der Waals surface area contributed by atoms with Crippen LogP contribution in [0.3, 0.4) is 0 Å². The van der Waals surface area contributed by atoms with E-state index in [9.17, 15) is 0 Å². The Hall–Kier alpha value is -1.00. The van der Waals surface area contributed by atoms with Crippen molar-refractivity contribution >= 4 is 0 Å². The van der Waals surface area contributed by atoms with Crippen molar-refractivity contribution < 1.29 is 18.9 Å². The zero-order chi connectivity index (χ0) is 14.0. The van der Waals surface area contributed by atoms with Crippen LogP contribution in [0.2, 0.25) is 0 Å². The average Bonchev–Trinajstić information content (AvgIpc) is 2.34. The van der Waals surface area contributed by atoms with E-state index < -0.39 is 11.2 Å². The number of hydrogen-bond donors (Lipinski definition) is 0. The summed E-state index contributed by atoms with van der Waals surface area (Å²) in [7, 11) is 4.86. The van der Waals surface area contributed by atoms with Gasteiger partial charge >= 0.3 is 0 Å². The van der Waals surface area contributed by atoms with Gasteiger partial charge in [0.15, 0.2) is 11.2 Å². The summed E-state index contributed by atoms with van der Waals surface area (Å²) in [4.78, 5) is 0. The molecule has 0 aromatic rings. The van der Waals surface area contributed by atoms with Gasteiger partial charge in [0.1, 0.15) is 11.5 Å². The van der Waals surface area contributed by atoms with E-state index in [1.54, 1.807) is 27.4 Å². The van der Waals surface area contributed by atoms with Crippen LogP contribution in [0.15, 0.2) is 17.6 Å². The lowest BCUT2D eigenvalue weighted by Gasteiger charge is -2.47. The van der Waals surface area contributed by atoms with Crippen molar-refractivity contribution in [3.63, 3.8) is 0 Å². The summed E-state index contributed by atoms with van der Waals surface area (Å²) in [5.41, 5.74) is -1.54. The molecule has 1 rings (SSSR count). The van der Waals surface area contributed by atoms with Crippen molar-refractivity contribution in [2.45, 2.75) is 45.0 Å². The number of methoxy groups -OCH3 is 3.